The maximum atomic E-state index is 13.5. The molecule has 0 aromatic heterocycles. The first-order valence-corrected chi connectivity index (χ1v) is 13.2. The molecule has 0 spiro atoms. The molecule has 5 rings (SSSR count). The standard InChI is InChI=1S/C28H35F3N4O2/c29-28(30,31)23-7-8-25-22(17-23)18-24(27(36)32-9-4-10-33-13-15-37-16-14-33)26-20-34(11-12-35(25)26)19-21-5-2-1-3-6-21/h1-3,5-8,17,24,26H,4,9-16,18-20H2,(H,32,36)/t24-,26+/m1/s1. The number of amides is 1. The van der Waals surface area contributed by atoms with E-state index >= 15 is 0 Å². The van der Waals surface area contributed by atoms with Crippen LogP contribution in [0.3, 0.4) is 0 Å². The molecule has 3 heterocycles. The van der Waals surface area contributed by atoms with E-state index in [4.69, 9.17) is 4.74 Å². The maximum absolute atomic E-state index is 13.5. The normalized spacial score (nSPS) is 22.8. The number of piperazine rings is 1. The Labute approximate surface area is 216 Å². The molecule has 0 saturated carbocycles. The highest BCUT2D eigenvalue weighted by molar-refractivity contribution is 5.82. The fourth-order valence-corrected chi connectivity index (χ4v) is 5.81. The van der Waals surface area contributed by atoms with Crippen LogP contribution in [0.1, 0.15) is 23.1 Å². The van der Waals surface area contributed by atoms with Gasteiger partial charge in [-0.15, -0.1) is 0 Å². The second kappa shape index (κ2) is 11.4. The van der Waals surface area contributed by atoms with Gasteiger partial charge in [0.05, 0.1) is 30.7 Å². The topological polar surface area (TPSA) is 48.1 Å². The average Bonchev–Trinajstić information content (AvgIpc) is 2.91. The van der Waals surface area contributed by atoms with E-state index < -0.39 is 17.7 Å². The lowest BCUT2D eigenvalue weighted by molar-refractivity contribution is -0.137. The van der Waals surface area contributed by atoms with Crippen LogP contribution >= 0.6 is 0 Å². The smallest absolute Gasteiger partial charge is 0.379 e. The Morgan fingerprint density at radius 2 is 1.78 bits per heavy atom. The molecule has 2 fully saturated rings. The minimum Gasteiger partial charge on any atom is -0.379 e. The lowest BCUT2D eigenvalue weighted by atomic mass is 9.82. The van der Waals surface area contributed by atoms with Crippen LogP contribution in [0.25, 0.3) is 0 Å². The van der Waals surface area contributed by atoms with Gasteiger partial charge in [0.1, 0.15) is 0 Å². The summed E-state index contributed by atoms with van der Waals surface area (Å²) in [4.78, 5) is 20.3. The van der Waals surface area contributed by atoms with Gasteiger partial charge in [0, 0.05) is 51.5 Å². The Balaban J connectivity index is 1.30. The number of nitrogens with one attached hydrogen (secondary N) is 1. The molecular formula is C28H35F3N4O2. The van der Waals surface area contributed by atoms with Crippen molar-refractivity contribution in [3.05, 3.63) is 65.2 Å². The first-order valence-electron chi connectivity index (χ1n) is 13.2. The zero-order valence-electron chi connectivity index (χ0n) is 21.1. The molecule has 3 aliphatic heterocycles. The molecule has 0 unspecified atom stereocenters. The number of carbonyl (C=O) groups excluding carboxylic acids is 1. The summed E-state index contributed by atoms with van der Waals surface area (Å²) in [6, 6.07) is 14.1. The Kier molecular flexibility index (Phi) is 8.02. The number of hydrogen-bond acceptors (Lipinski definition) is 5. The molecule has 2 aromatic rings. The van der Waals surface area contributed by atoms with Crippen molar-refractivity contribution in [2.75, 3.05) is 63.9 Å². The van der Waals surface area contributed by atoms with E-state index in [0.717, 1.165) is 64.1 Å². The van der Waals surface area contributed by atoms with Crippen molar-refractivity contribution in [3.63, 3.8) is 0 Å². The van der Waals surface area contributed by atoms with Crippen LogP contribution in [-0.2, 0) is 28.7 Å². The van der Waals surface area contributed by atoms with Crippen LogP contribution in [0.4, 0.5) is 18.9 Å². The Morgan fingerprint density at radius 1 is 1.00 bits per heavy atom. The van der Waals surface area contributed by atoms with Crippen LogP contribution in [0, 0.1) is 5.92 Å². The van der Waals surface area contributed by atoms with Crippen molar-refractivity contribution < 1.29 is 22.7 Å². The number of halogens is 3. The van der Waals surface area contributed by atoms with Crippen molar-refractivity contribution in [2.45, 2.75) is 31.6 Å². The lowest BCUT2D eigenvalue weighted by Gasteiger charge is -2.49. The number of nitrogens with zero attached hydrogens (tertiary/aromatic N) is 3. The quantitative estimate of drug-likeness (QED) is 0.572. The van der Waals surface area contributed by atoms with Gasteiger partial charge in [0.15, 0.2) is 0 Å². The number of hydrogen-bond donors (Lipinski definition) is 1. The van der Waals surface area contributed by atoms with Crippen LogP contribution < -0.4 is 10.2 Å². The van der Waals surface area contributed by atoms with Gasteiger partial charge in [-0.05, 0) is 48.7 Å². The van der Waals surface area contributed by atoms with Crippen LogP contribution in [0.5, 0.6) is 0 Å². The third-order valence-electron chi connectivity index (χ3n) is 7.76. The van der Waals surface area contributed by atoms with Gasteiger partial charge in [-0.2, -0.15) is 13.2 Å². The van der Waals surface area contributed by atoms with Crippen LogP contribution in [0.15, 0.2) is 48.5 Å². The van der Waals surface area contributed by atoms with Crippen molar-refractivity contribution >= 4 is 11.6 Å². The molecule has 0 radical (unpaired) electrons. The van der Waals surface area contributed by atoms with Crippen LogP contribution in [-0.4, -0.2) is 80.8 Å². The van der Waals surface area contributed by atoms with Crippen molar-refractivity contribution in [3.8, 4) is 0 Å². The first kappa shape index (κ1) is 26.0. The van der Waals surface area contributed by atoms with E-state index in [1.54, 1.807) is 6.07 Å². The number of morpholine rings is 1. The number of alkyl halides is 3. The number of benzene rings is 2. The van der Waals surface area contributed by atoms with E-state index in [1.165, 1.54) is 11.6 Å². The molecule has 1 amide bonds. The Bertz CT molecular complexity index is 1060. The molecule has 2 aromatic carbocycles. The summed E-state index contributed by atoms with van der Waals surface area (Å²) in [7, 11) is 0. The molecule has 2 saturated heterocycles. The molecule has 200 valence electrons. The molecular weight excluding hydrogens is 481 g/mol. The summed E-state index contributed by atoms with van der Waals surface area (Å²) in [5.41, 5.74) is 1.99. The molecule has 6 nitrogen and oxygen atoms in total. The van der Waals surface area contributed by atoms with Gasteiger partial charge < -0.3 is 15.0 Å². The molecule has 37 heavy (non-hydrogen) atoms. The molecule has 3 aliphatic rings. The third-order valence-corrected chi connectivity index (χ3v) is 7.76. The number of fused-ring (bicyclic) bond motifs is 3. The van der Waals surface area contributed by atoms with Crippen molar-refractivity contribution in [2.24, 2.45) is 5.92 Å². The highest BCUT2D eigenvalue weighted by Gasteiger charge is 2.42. The summed E-state index contributed by atoms with van der Waals surface area (Å²) in [6.45, 7) is 7.70. The fourth-order valence-electron chi connectivity index (χ4n) is 5.81. The van der Waals surface area contributed by atoms with Gasteiger partial charge in [-0.25, -0.2) is 0 Å². The van der Waals surface area contributed by atoms with E-state index in [1.807, 2.05) is 18.2 Å². The predicted molar refractivity (Wildman–Crippen MR) is 136 cm³/mol. The zero-order chi connectivity index (χ0) is 25.8. The fraction of sp³-hybridized carbons (Fsp3) is 0.536. The number of carbonyl (C=O) groups is 1. The van der Waals surface area contributed by atoms with Crippen LogP contribution in [0.2, 0.25) is 0 Å². The van der Waals surface area contributed by atoms with Gasteiger partial charge >= 0.3 is 6.18 Å². The Hall–Kier alpha value is -2.62. The molecule has 1 N–H and O–H groups in total. The van der Waals surface area contributed by atoms with Gasteiger partial charge in [-0.1, -0.05) is 30.3 Å². The minimum absolute atomic E-state index is 0.0680. The SMILES string of the molecule is O=C(NCCCN1CCOCC1)[C@@H]1Cc2cc(C(F)(F)F)ccc2N2CCN(Cc3ccccc3)C[C@@H]12. The predicted octanol–water partition coefficient (Wildman–Crippen LogP) is 3.41. The third kappa shape index (κ3) is 6.27. The summed E-state index contributed by atoms with van der Waals surface area (Å²) < 4.78 is 45.7. The number of anilines is 1. The largest absolute Gasteiger partial charge is 0.416 e. The highest BCUT2D eigenvalue weighted by Crippen LogP contribution is 2.40. The number of rotatable bonds is 7. The average molecular weight is 517 g/mol. The summed E-state index contributed by atoms with van der Waals surface area (Å²) in [5, 5.41) is 3.10. The molecule has 0 aliphatic carbocycles. The minimum atomic E-state index is -4.41. The van der Waals surface area contributed by atoms with Crippen molar-refractivity contribution in [1.29, 1.82) is 0 Å². The van der Waals surface area contributed by atoms with Gasteiger partial charge in [-0.3, -0.25) is 14.6 Å². The molecule has 0 bridgehead atoms. The number of ether oxygens (including phenoxy) is 1. The van der Waals surface area contributed by atoms with Crippen molar-refractivity contribution in [1.82, 2.24) is 15.1 Å². The Morgan fingerprint density at radius 3 is 2.54 bits per heavy atom. The maximum Gasteiger partial charge on any atom is 0.416 e. The van der Waals surface area contributed by atoms with E-state index in [2.05, 4.69) is 32.1 Å². The summed E-state index contributed by atoms with van der Waals surface area (Å²) >= 11 is 0. The second-order valence-electron chi connectivity index (χ2n) is 10.2. The van der Waals surface area contributed by atoms with E-state index in [9.17, 15) is 18.0 Å². The molecule has 9 heteroatoms. The molecule has 2 atom stereocenters. The highest BCUT2D eigenvalue weighted by atomic mass is 19.4. The van der Waals surface area contributed by atoms with Gasteiger partial charge in [0.25, 0.3) is 0 Å². The van der Waals surface area contributed by atoms with E-state index in [-0.39, 0.29) is 11.9 Å². The monoisotopic (exact) mass is 516 g/mol. The first-order chi connectivity index (χ1) is 17.9. The summed E-state index contributed by atoms with van der Waals surface area (Å²) in [6.07, 6.45) is -3.26. The van der Waals surface area contributed by atoms with Gasteiger partial charge in [0.2, 0.25) is 5.91 Å². The second-order valence-corrected chi connectivity index (χ2v) is 10.2. The van der Waals surface area contributed by atoms with E-state index in [0.29, 0.717) is 31.6 Å². The summed E-state index contributed by atoms with van der Waals surface area (Å²) in [5.74, 6) is -0.473. The zero-order valence-corrected chi connectivity index (χ0v) is 21.1. The lowest BCUT2D eigenvalue weighted by Crippen LogP contribution is -2.61.